The fraction of sp³-hybridized carbons (Fsp3) is 0.533. The average Bonchev–Trinajstić information content (AvgIpc) is 3.15. The number of nitrogens with zero attached hydrogens (tertiary/aromatic N) is 1. The molecule has 1 aliphatic carbocycles. The molecule has 104 valence electrons. The summed E-state index contributed by atoms with van der Waals surface area (Å²) in [5.74, 6) is 0.195. The number of carbonyl (C=O) groups excluding carboxylic acids is 1. The quantitative estimate of drug-likeness (QED) is 0.772. The van der Waals surface area contributed by atoms with Gasteiger partial charge in [0.05, 0.1) is 16.9 Å². The first-order valence-electron chi connectivity index (χ1n) is 6.95. The molecule has 4 heteroatoms. The number of hydrogen-bond acceptors (Lipinski definition) is 3. The molecule has 0 bridgehead atoms. The molecule has 0 atom stereocenters. The van der Waals surface area contributed by atoms with Crippen molar-refractivity contribution in [2.45, 2.75) is 39.2 Å². The third-order valence-corrected chi connectivity index (χ3v) is 3.59. The molecule has 2 rings (SSSR count). The number of hydrogen-bond donors (Lipinski definition) is 2. The summed E-state index contributed by atoms with van der Waals surface area (Å²) >= 11 is 0. The molecule has 1 aliphatic rings. The first-order chi connectivity index (χ1) is 9.00. The van der Waals surface area contributed by atoms with Gasteiger partial charge in [0.15, 0.2) is 0 Å². The predicted molar refractivity (Wildman–Crippen MR) is 79.2 cm³/mol. The van der Waals surface area contributed by atoms with Crippen LogP contribution in [0.2, 0.25) is 0 Å². The van der Waals surface area contributed by atoms with Gasteiger partial charge >= 0.3 is 0 Å². The van der Waals surface area contributed by atoms with E-state index in [9.17, 15) is 4.79 Å². The maximum atomic E-state index is 11.4. The second-order valence-corrected chi connectivity index (χ2v) is 5.71. The maximum Gasteiger partial charge on any atom is 0.250 e. The summed E-state index contributed by atoms with van der Waals surface area (Å²) in [7, 11) is 0. The van der Waals surface area contributed by atoms with Crippen molar-refractivity contribution in [3.05, 3.63) is 23.8 Å². The largest absolute Gasteiger partial charge is 0.396 e. The van der Waals surface area contributed by atoms with Gasteiger partial charge in [-0.1, -0.05) is 19.9 Å². The molecule has 0 saturated heterocycles. The fourth-order valence-electron chi connectivity index (χ4n) is 2.30. The van der Waals surface area contributed by atoms with Gasteiger partial charge in [0.25, 0.3) is 5.91 Å². The van der Waals surface area contributed by atoms with Gasteiger partial charge in [0.2, 0.25) is 0 Å². The van der Waals surface area contributed by atoms with Gasteiger partial charge < -0.3 is 16.4 Å². The van der Waals surface area contributed by atoms with Gasteiger partial charge in [-0.3, -0.25) is 4.79 Å². The Labute approximate surface area is 114 Å². The van der Waals surface area contributed by atoms with E-state index in [2.05, 4.69) is 18.7 Å². The smallest absolute Gasteiger partial charge is 0.250 e. The van der Waals surface area contributed by atoms with E-state index < -0.39 is 5.91 Å². The minimum absolute atomic E-state index is 0.424. The Bertz CT molecular complexity index is 466. The number of carbonyl (C=O) groups is 1. The van der Waals surface area contributed by atoms with Gasteiger partial charge in [-0.05, 0) is 37.3 Å². The molecule has 1 fully saturated rings. The van der Waals surface area contributed by atoms with Gasteiger partial charge in [-0.2, -0.15) is 0 Å². The molecule has 1 saturated carbocycles. The van der Waals surface area contributed by atoms with Crippen LogP contribution in [0.5, 0.6) is 0 Å². The van der Waals surface area contributed by atoms with Crippen molar-refractivity contribution in [2.24, 2.45) is 11.7 Å². The van der Waals surface area contributed by atoms with Gasteiger partial charge in [0.1, 0.15) is 0 Å². The summed E-state index contributed by atoms with van der Waals surface area (Å²) in [6.07, 6.45) is 3.54. The average molecular weight is 261 g/mol. The Balaban J connectivity index is 2.26. The highest BCUT2D eigenvalue weighted by Gasteiger charge is 2.30. The Hall–Kier alpha value is -1.71. The lowest BCUT2D eigenvalue weighted by molar-refractivity contribution is 0.100. The summed E-state index contributed by atoms with van der Waals surface area (Å²) in [6, 6.07) is 6.11. The van der Waals surface area contributed by atoms with Crippen LogP contribution in [0.25, 0.3) is 0 Å². The van der Waals surface area contributed by atoms with E-state index in [0.717, 1.165) is 18.7 Å². The van der Waals surface area contributed by atoms with Crippen LogP contribution in [0.1, 0.15) is 43.5 Å². The van der Waals surface area contributed by atoms with Crippen LogP contribution in [-0.4, -0.2) is 18.5 Å². The van der Waals surface area contributed by atoms with E-state index in [1.807, 2.05) is 12.1 Å². The summed E-state index contributed by atoms with van der Waals surface area (Å²) in [5.41, 5.74) is 13.4. The topological polar surface area (TPSA) is 72.3 Å². The van der Waals surface area contributed by atoms with Crippen LogP contribution in [0.4, 0.5) is 11.4 Å². The highest BCUT2D eigenvalue weighted by molar-refractivity contribution is 6.00. The molecule has 0 aliphatic heterocycles. The molecule has 4 nitrogen and oxygen atoms in total. The van der Waals surface area contributed by atoms with Crippen LogP contribution in [0.15, 0.2) is 18.2 Å². The summed E-state index contributed by atoms with van der Waals surface area (Å²) in [5, 5.41) is 0. The van der Waals surface area contributed by atoms with Crippen molar-refractivity contribution in [3.63, 3.8) is 0 Å². The van der Waals surface area contributed by atoms with E-state index in [-0.39, 0.29) is 0 Å². The van der Waals surface area contributed by atoms with E-state index in [4.69, 9.17) is 11.5 Å². The number of anilines is 2. The molecular weight excluding hydrogens is 238 g/mol. The number of nitrogen functional groups attached to an aromatic ring is 1. The SMILES string of the molecule is CC(C)CCN(c1cccc(C(N)=O)c1N)C1CC1. The van der Waals surface area contributed by atoms with Gasteiger partial charge in [-0.25, -0.2) is 0 Å². The van der Waals surface area contributed by atoms with E-state index >= 15 is 0 Å². The van der Waals surface area contributed by atoms with Crippen LogP contribution in [0.3, 0.4) is 0 Å². The molecule has 19 heavy (non-hydrogen) atoms. The maximum absolute atomic E-state index is 11.4. The molecule has 4 N–H and O–H groups in total. The Morgan fingerprint density at radius 1 is 1.42 bits per heavy atom. The van der Waals surface area contributed by atoms with Crippen molar-refractivity contribution in [1.82, 2.24) is 0 Å². The molecule has 0 spiro atoms. The second kappa shape index (κ2) is 5.51. The zero-order chi connectivity index (χ0) is 14.0. The summed E-state index contributed by atoms with van der Waals surface area (Å²) < 4.78 is 0. The standard InChI is InChI=1S/C15H23N3O/c1-10(2)8-9-18(11-6-7-11)13-5-3-4-12(14(13)16)15(17)19/h3-5,10-11H,6-9,16H2,1-2H3,(H2,17,19). The molecule has 1 aromatic rings. The van der Waals surface area contributed by atoms with Crippen LogP contribution in [-0.2, 0) is 0 Å². The van der Waals surface area contributed by atoms with Crippen molar-refractivity contribution in [2.75, 3.05) is 17.2 Å². The zero-order valence-corrected chi connectivity index (χ0v) is 11.7. The van der Waals surface area contributed by atoms with Crippen LogP contribution >= 0.6 is 0 Å². The molecule has 1 amide bonds. The van der Waals surface area contributed by atoms with Crippen LogP contribution in [0, 0.1) is 5.92 Å². The number of rotatable bonds is 6. The van der Waals surface area contributed by atoms with E-state index in [1.165, 1.54) is 12.8 Å². The first kappa shape index (κ1) is 13.7. The third kappa shape index (κ3) is 3.19. The molecule has 0 radical (unpaired) electrons. The summed E-state index contributed by atoms with van der Waals surface area (Å²) in [6.45, 7) is 5.41. The second-order valence-electron chi connectivity index (χ2n) is 5.71. The Morgan fingerprint density at radius 2 is 2.11 bits per heavy atom. The molecule has 1 aromatic carbocycles. The van der Waals surface area contributed by atoms with Crippen LogP contribution < -0.4 is 16.4 Å². The zero-order valence-electron chi connectivity index (χ0n) is 11.7. The monoisotopic (exact) mass is 261 g/mol. The van der Waals surface area contributed by atoms with Crippen molar-refractivity contribution < 1.29 is 4.79 Å². The highest BCUT2D eigenvalue weighted by Crippen LogP contribution is 2.36. The Kier molecular flexibility index (Phi) is 3.98. The fourth-order valence-corrected chi connectivity index (χ4v) is 2.30. The van der Waals surface area contributed by atoms with E-state index in [1.54, 1.807) is 6.07 Å². The number of nitrogens with two attached hydrogens (primary N) is 2. The highest BCUT2D eigenvalue weighted by atomic mass is 16.1. The lowest BCUT2D eigenvalue weighted by Crippen LogP contribution is -2.29. The van der Waals surface area contributed by atoms with Crippen molar-refractivity contribution in [1.29, 1.82) is 0 Å². The molecular formula is C15H23N3O. The molecule has 0 unspecified atom stereocenters. The van der Waals surface area contributed by atoms with Crippen molar-refractivity contribution in [3.8, 4) is 0 Å². The minimum Gasteiger partial charge on any atom is -0.396 e. The molecule has 0 heterocycles. The third-order valence-electron chi connectivity index (χ3n) is 3.59. The predicted octanol–water partition coefficient (Wildman–Crippen LogP) is 2.38. The minimum atomic E-state index is -0.459. The number of para-hydroxylation sites is 1. The lowest BCUT2D eigenvalue weighted by Gasteiger charge is -2.27. The lowest BCUT2D eigenvalue weighted by atomic mass is 10.1. The van der Waals surface area contributed by atoms with E-state index in [0.29, 0.717) is 23.2 Å². The number of benzene rings is 1. The molecule has 0 aromatic heterocycles. The number of amides is 1. The van der Waals surface area contributed by atoms with Crippen molar-refractivity contribution >= 4 is 17.3 Å². The Morgan fingerprint density at radius 3 is 2.63 bits per heavy atom. The van der Waals surface area contributed by atoms with Gasteiger partial charge in [0, 0.05) is 12.6 Å². The normalized spacial score (nSPS) is 14.7. The number of primary amides is 1. The van der Waals surface area contributed by atoms with Gasteiger partial charge in [-0.15, -0.1) is 0 Å². The summed E-state index contributed by atoms with van der Waals surface area (Å²) in [4.78, 5) is 13.7. The first-order valence-corrected chi connectivity index (χ1v) is 6.95.